The molecule has 0 aliphatic rings. The number of amides is 1. The summed E-state index contributed by atoms with van der Waals surface area (Å²) in [6.07, 6.45) is 2.66. The molecule has 0 saturated carbocycles. The maximum atomic E-state index is 12.2. The quantitative estimate of drug-likeness (QED) is 0.779. The smallest absolute Gasteiger partial charge is 0.253 e. The summed E-state index contributed by atoms with van der Waals surface area (Å²) in [5, 5.41) is 0.808. The van der Waals surface area contributed by atoms with Crippen LogP contribution in [0, 0.1) is 6.92 Å². The van der Waals surface area contributed by atoms with Crippen molar-refractivity contribution in [3.05, 3.63) is 29.6 Å². The molecule has 16 heavy (non-hydrogen) atoms. The van der Waals surface area contributed by atoms with Crippen molar-refractivity contribution in [1.82, 2.24) is 9.88 Å². The molecule has 0 N–H and O–H groups in total. The first-order valence-electron chi connectivity index (χ1n) is 5.47. The first kappa shape index (κ1) is 13.2. The van der Waals surface area contributed by atoms with Crippen molar-refractivity contribution in [2.24, 2.45) is 0 Å². The number of aromatic nitrogens is 1. The summed E-state index contributed by atoms with van der Waals surface area (Å²) in [5.74, 6) is 0.0896. The molecule has 1 aromatic heterocycles. The molecule has 0 fully saturated rings. The third-order valence-corrected chi connectivity index (χ3v) is 2.63. The molecule has 3 nitrogen and oxygen atoms in total. The van der Waals surface area contributed by atoms with Gasteiger partial charge in [0.15, 0.2) is 0 Å². The lowest BCUT2D eigenvalue weighted by Crippen LogP contribution is -2.33. The van der Waals surface area contributed by atoms with Gasteiger partial charge in [0.05, 0.1) is 0 Å². The molecule has 1 amide bonds. The highest BCUT2D eigenvalue weighted by atomic mass is 79.9. The number of alkyl halides is 1. The van der Waals surface area contributed by atoms with Gasteiger partial charge in [-0.05, 0) is 25.5 Å². The maximum Gasteiger partial charge on any atom is 0.253 e. The lowest BCUT2D eigenvalue weighted by molar-refractivity contribution is 0.0766. The Morgan fingerprint density at radius 2 is 2.25 bits per heavy atom. The molecule has 0 bridgehead atoms. The summed E-state index contributed by atoms with van der Waals surface area (Å²) in [7, 11) is 0. The second-order valence-electron chi connectivity index (χ2n) is 3.67. The Morgan fingerprint density at radius 1 is 1.50 bits per heavy atom. The van der Waals surface area contributed by atoms with Gasteiger partial charge in [0.25, 0.3) is 5.91 Å². The molecule has 1 heterocycles. The van der Waals surface area contributed by atoms with Gasteiger partial charge in [0.2, 0.25) is 0 Å². The fourth-order valence-electron chi connectivity index (χ4n) is 1.55. The average molecular weight is 285 g/mol. The van der Waals surface area contributed by atoms with Crippen molar-refractivity contribution in [2.45, 2.75) is 20.3 Å². The van der Waals surface area contributed by atoms with Crippen molar-refractivity contribution in [2.75, 3.05) is 18.4 Å². The molecule has 1 aromatic rings. The lowest BCUT2D eigenvalue weighted by atomic mass is 10.2. The van der Waals surface area contributed by atoms with E-state index in [2.05, 4.69) is 27.8 Å². The highest BCUT2D eigenvalue weighted by Gasteiger charge is 2.14. The highest BCUT2D eigenvalue weighted by molar-refractivity contribution is 9.09. The van der Waals surface area contributed by atoms with E-state index in [1.807, 2.05) is 17.9 Å². The van der Waals surface area contributed by atoms with Crippen molar-refractivity contribution < 1.29 is 4.79 Å². The van der Waals surface area contributed by atoms with E-state index in [9.17, 15) is 4.79 Å². The largest absolute Gasteiger partial charge is 0.338 e. The number of carbonyl (C=O) groups is 1. The zero-order valence-electron chi connectivity index (χ0n) is 9.74. The van der Waals surface area contributed by atoms with Gasteiger partial charge in [-0.25, -0.2) is 0 Å². The molecular formula is C12H17BrN2O. The molecule has 4 heteroatoms. The van der Waals surface area contributed by atoms with Crippen LogP contribution >= 0.6 is 15.9 Å². The molecule has 0 atom stereocenters. The minimum atomic E-state index is 0.0896. The van der Waals surface area contributed by atoms with Gasteiger partial charge >= 0.3 is 0 Å². The van der Waals surface area contributed by atoms with Crippen LogP contribution in [0.2, 0.25) is 0 Å². The number of halogens is 1. The minimum absolute atomic E-state index is 0.0896. The number of carbonyl (C=O) groups excluding carboxylic acids is 1. The predicted octanol–water partition coefficient (Wildman–Crippen LogP) is 2.64. The summed E-state index contributed by atoms with van der Waals surface area (Å²) in [6, 6.07) is 3.60. The zero-order valence-corrected chi connectivity index (χ0v) is 11.3. The van der Waals surface area contributed by atoms with E-state index in [1.54, 1.807) is 12.3 Å². The van der Waals surface area contributed by atoms with E-state index in [0.29, 0.717) is 0 Å². The molecule has 0 radical (unpaired) electrons. The monoisotopic (exact) mass is 284 g/mol. The predicted molar refractivity (Wildman–Crippen MR) is 69.0 cm³/mol. The van der Waals surface area contributed by atoms with Crippen LogP contribution in [0.1, 0.15) is 29.4 Å². The number of pyridine rings is 1. The van der Waals surface area contributed by atoms with Crippen molar-refractivity contribution in [3.8, 4) is 0 Å². The molecule has 1 rings (SSSR count). The van der Waals surface area contributed by atoms with E-state index in [4.69, 9.17) is 0 Å². The fourth-order valence-corrected chi connectivity index (χ4v) is 1.98. The van der Waals surface area contributed by atoms with Crippen LogP contribution in [0.5, 0.6) is 0 Å². The molecule has 0 unspecified atom stereocenters. The number of aryl methyl sites for hydroxylation is 1. The second kappa shape index (κ2) is 6.63. The fraction of sp³-hybridized carbons (Fsp3) is 0.500. The van der Waals surface area contributed by atoms with Gasteiger partial charge in [-0.2, -0.15) is 0 Å². The summed E-state index contributed by atoms with van der Waals surface area (Å²) < 4.78 is 0. The van der Waals surface area contributed by atoms with Gasteiger partial charge in [-0.15, -0.1) is 0 Å². The Kier molecular flexibility index (Phi) is 5.46. The number of hydrogen-bond acceptors (Lipinski definition) is 2. The van der Waals surface area contributed by atoms with Crippen molar-refractivity contribution in [1.29, 1.82) is 0 Å². The van der Waals surface area contributed by atoms with E-state index in [-0.39, 0.29) is 5.91 Å². The van der Waals surface area contributed by atoms with Crippen LogP contribution in [0.15, 0.2) is 18.3 Å². The van der Waals surface area contributed by atoms with Crippen LogP contribution in [0.4, 0.5) is 0 Å². The zero-order chi connectivity index (χ0) is 12.0. The molecule has 0 spiro atoms. The van der Waals surface area contributed by atoms with Gasteiger partial charge in [0, 0.05) is 35.9 Å². The topological polar surface area (TPSA) is 33.2 Å². The third kappa shape index (κ3) is 3.59. The Morgan fingerprint density at radius 3 is 2.81 bits per heavy atom. The van der Waals surface area contributed by atoms with Gasteiger partial charge in [-0.3, -0.25) is 9.78 Å². The molecular weight excluding hydrogens is 268 g/mol. The Bertz CT molecular complexity index is 349. The van der Waals surface area contributed by atoms with Crippen LogP contribution in [0.25, 0.3) is 0 Å². The van der Waals surface area contributed by atoms with Crippen LogP contribution in [-0.4, -0.2) is 34.2 Å². The van der Waals surface area contributed by atoms with Gasteiger partial charge in [-0.1, -0.05) is 22.9 Å². The number of hydrogen-bond donors (Lipinski definition) is 0. The Labute approximate surface area is 105 Å². The first-order chi connectivity index (χ1) is 7.69. The van der Waals surface area contributed by atoms with Crippen LogP contribution in [0.3, 0.4) is 0 Å². The summed E-state index contributed by atoms with van der Waals surface area (Å²) in [6.45, 7) is 5.51. The SMILES string of the molecule is CCCN(CCBr)C(=O)c1ccnc(C)c1. The van der Waals surface area contributed by atoms with Crippen LogP contribution in [-0.2, 0) is 0 Å². The van der Waals surface area contributed by atoms with Gasteiger partial charge in [0.1, 0.15) is 0 Å². The Balaban J connectivity index is 2.81. The van der Waals surface area contributed by atoms with E-state index in [0.717, 1.165) is 36.1 Å². The minimum Gasteiger partial charge on any atom is -0.338 e. The summed E-state index contributed by atoms with van der Waals surface area (Å²) in [5.41, 5.74) is 1.60. The number of nitrogens with zero attached hydrogens (tertiary/aromatic N) is 2. The average Bonchev–Trinajstić information content (AvgIpc) is 2.28. The summed E-state index contributed by atoms with van der Waals surface area (Å²) in [4.78, 5) is 18.1. The maximum absolute atomic E-state index is 12.2. The molecule has 0 aliphatic heterocycles. The molecule has 0 aromatic carbocycles. The van der Waals surface area contributed by atoms with E-state index >= 15 is 0 Å². The lowest BCUT2D eigenvalue weighted by Gasteiger charge is -2.21. The summed E-state index contributed by atoms with van der Waals surface area (Å²) >= 11 is 3.37. The highest BCUT2D eigenvalue weighted by Crippen LogP contribution is 2.07. The normalized spacial score (nSPS) is 10.2. The van der Waals surface area contributed by atoms with Crippen molar-refractivity contribution >= 4 is 21.8 Å². The number of rotatable bonds is 5. The first-order valence-corrected chi connectivity index (χ1v) is 6.59. The molecule has 0 saturated heterocycles. The third-order valence-electron chi connectivity index (χ3n) is 2.28. The second-order valence-corrected chi connectivity index (χ2v) is 4.46. The molecule has 88 valence electrons. The van der Waals surface area contributed by atoms with Crippen LogP contribution < -0.4 is 0 Å². The van der Waals surface area contributed by atoms with Gasteiger partial charge < -0.3 is 4.90 Å². The standard InChI is InChI=1S/C12H17BrN2O/c1-3-7-15(8-5-13)12(16)11-4-6-14-10(2)9-11/h4,6,9H,3,5,7-8H2,1-2H3. The van der Waals surface area contributed by atoms with Crippen molar-refractivity contribution in [3.63, 3.8) is 0 Å². The van der Waals surface area contributed by atoms with E-state index < -0.39 is 0 Å². The van der Waals surface area contributed by atoms with E-state index in [1.165, 1.54) is 0 Å². The Hall–Kier alpha value is -0.900. The molecule has 0 aliphatic carbocycles.